The number of hydrogen-bond acceptors (Lipinski definition) is 5. The number of hydrogen-bond donors (Lipinski definition) is 1. The Hall–Kier alpha value is -1.69. The summed E-state index contributed by atoms with van der Waals surface area (Å²) in [6.07, 6.45) is 4.21. The Morgan fingerprint density at radius 2 is 2.38 bits per heavy atom. The maximum Gasteiger partial charge on any atom is 0.140 e. The quantitative estimate of drug-likeness (QED) is 0.787. The van der Waals surface area contributed by atoms with Crippen LogP contribution in [0.25, 0.3) is 0 Å². The lowest BCUT2D eigenvalue weighted by atomic mass is 10.4. The third-order valence-electron chi connectivity index (χ3n) is 2.21. The van der Waals surface area contributed by atoms with Crippen LogP contribution in [-0.2, 0) is 19.6 Å². The number of aromatic nitrogens is 4. The van der Waals surface area contributed by atoms with Crippen molar-refractivity contribution in [3.8, 4) is 0 Å². The van der Waals surface area contributed by atoms with Crippen LogP contribution in [0.3, 0.4) is 0 Å². The molecular formula is C10H15N5O. The highest BCUT2D eigenvalue weighted by Gasteiger charge is 2.03. The Morgan fingerprint density at radius 1 is 1.44 bits per heavy atom. The van der Waals surface area contributed by atoms with Gasteiger partial charge >= 0.3 is 0 Å². The zero-order valence-corrected chi connectivity index (χ0v) is 9.26. The first-order valence-corrected chi connectivity index (χ1v) is 5.37. The topological polar surface area (TPSA) is 68.8 Å². The fourth-order valence-corrected chi connectivity index (χ4v) is 1.45. The summed E-state index contributed by atoms with van der Waals surface area (Å²) < 4.78 is 6.65. The highest BCUT2D eigenvalue weighted by molar-refractivity contribution is 4.95. The van der Waals surface area contributed by atoms with E-state index < -0.39 is 0 Å². The van der Waals surface area contributed by atoms with Gasteiger partial charge < -0.3 is 9.84 Å². The molecule has 0 radical (unpaired) electrons. The smallest absolute Gasteiger partial charge is 0.140 e. The predicted octanol–water partition coefficient (Wildman–Crippen LogP) is 0.966. The van der Waals surface area contributed by atoms with E-state index in [1.54, 1.807) is 12.6 Å². The SMILES string of the molecule is CCCn1ncnc1CNCc1ccon1. The van der Waals surface area contributed by atoms with Gasteiger partial charge in [-0.25, -0.2) is 9.67 Å². The van der Waals surface area contributed by atoms with E-state index >= 15 is 0 Å². The van der Waals surface area contributed by atoms with Crippen molar-refractivity contribution in [3.05, 3.63) is 30.2 Å². The molecule has 2 rings (SSSR count). The largest absolute Gasteiger partial charge is 0.364 e. The van der Waals surface area contributed by atoms with Crippen LogP contribution in [-0.4, -0.2) is 19.9 Å². The van der Waals surface area contributed by atoms with E-state index in [2.05, 4.69) is 27.5 Å². The summed E-state index contributed by atoms with van der Waals surface area (Å²) in [5.74, 6) is 0.949. The second-order valence-electron chi connectivity index (χ2n) is 3.49. The molecule has 0 aliphatic heterocycles. The predicted molar refractivity (Wildman–Crippen MR) is 57.4 cm³/mol. The van der Waals surface area contributed by atoms with E-state index in [0.717, 1.165) is 24.5 Å². The fraction of sp³-hybridized carbons (Fsp3) is 0.500. The molecule has 2 heterocycles. The average molecular weight is 221 g/mol. The minimum atomic E-state index is 0.676. The zero-order valence-electron chi connectivity index (χ0n) is 9.26. The Balaban J connectivity index is 1.82. The van der Waals surface area contributed by atoms with Crippen molar-refractivity contribution in [1.29, 1.82) is 0 Å². The second-order valence-corrected chi connectivity index (χ2v) is 3.49. The summed E-state index contributed by atoms with van der Waals surface area (Å²) in [5, 5.41) is 11.2. The molecule has 0 saturated heterocycles. The molecule has 6 nitrogen and oxygen atoms in total. The van der Waals surface area contributed by atoms with E-state index in [1.165, 1.54) is 0 Å². The molecule has 0 amide bonds. The van der Waals surface area contributed by atoms with Crippen LogP contribution in [0.15, 0.2) is 23.2 Å². The van der Waals surface area contributed by atoms with Gasteiger partial charge in [-0.15, -0.1) is 0 Å². The molecule has 0 unspecified atom stereocenters. The molecule has 0 bridgehead atoms. The Bertz CT molecular complexity index is 409. The maximum atomic E-state index is 4.74. The normalized spacial score (nSPS) is 10.8. The summed E-state index contributed by atoms with van der Waals surface area (Å²) in [6, 6.07) is 1.84. The Kier molecular flexibility index (Phi) is 3.66. The standard InChI is InChI=1S/C10H15N5O/c1-2-4-15-10(12-8-13-15)7-11-6-9-3-5-16-14-9/h3,5,8,11H,2,4,6-7H2,1H3. The van der Waals surface area contributed by atoms with E-state index in [1.807, 2.05) is 10.7 Å². The van der Waals surface area contributed by atoms with Gasteiger partial charge in [0, 0.05) is 19.2 Å². The van der Waals surface area contributed by atoms with Gasteiger partial charge in [-0.1, -0.05) is 12.1 Å². The molecular weight excluding hydrogens is 206 g/mol. The molecule has 0 spiro atoms. The van der Waals surface area contributed by atoms with Crippen LogP contribution in [0.2, 0.25) is 0 Å². The Morgan fingerprint density at radius 3 is 3.12 bits per heavy atom. The van der Waals surface area contributed by atoms with Crippen molar-refractivity contribution < 1.29 is 4.52 Å². The summed E-state index contributed by atoms with van der Waals surface area (Å²) in [6.45, 7) is 4.39. The van der Waals surface area contributed by atoms with Crippen LogP contribution >= 0.6 is 0 Å². The third-order valence-corrected chi connectivity index (χ3v) is 2.21. The highest BCUT2D eigenvalue weighted by Crippen LogP contribution is 1.97. The van der Waals surface area contributed by atoms with Crippen molar-refractivity contribution in [2.45, 2.75) is 33.0 Å². The van der Waals surface area contributed by atoms with Crippen molar-refractivity contribution in [3.63, 3.8) is 0 Å². The maximum absolute atomic E-state index is 4.74. The first-order valence-electron chi connectivity index (χ1n) is 5.37. The van der Waals surface area contributed by atoms with Crippen molar-refractivity contribution in [2.75, 3.05) is 0 Å². The molecule has 0 saturated carbocycles. The first-order chi connectivity index (χ1) is 7.90. The molecule has 2 aromatic rings. The highest BCUT2D eigenvalue weighted by atomic mass is 16.5. The zero-order chi connectivity index (χ0) is 11.2. The minimum absolute atomic E-state index is 0.676. The van der Waals surface area contributed by atoms with E-state index in [4.69, 9.17) is 4.52 Å². The molecule has 0 aromatic carbocycles. The third kappa shape index (κ3) is 2.66. The summed E-state index contributed by atoms with van der Waals surface area (Å²) >= 11 is 0. The van der Waals surface area contributed by atoms with E-state index in [-0.39, 0.29) is 0 Å². The van der Waals surface area contributed by atoms with Crippen molar-refractivity contribution in [2.24, 2.45) is 0 Å². The van der Waals surface area contributed by atoms with E-state index in [9.17, 15) is 0 Å². The number of aryl methyl sites for hydroxylation is 1. The molecule has 0 aliphatic carbocycles. The summed E-state index contributed by atoms with van der Waals surface area (Å²) in [7, 11) is 0. The Labute approximate surface area is 93.7 Å². The van der Waals surface area contributed by atoms with Gasteiger partial charge in [-0.2, -0.15) is 5.10 Å². The van der Waals surface area contributed by atoms with Crippen molar-refractivity contribution in [1.82, 2.24) is 25.2 Å². The molecule has 6 heteroatoms. The molecule has 16 heavy (non-hydrogen) atoms. The lowest BCUT2D eigenvalue weighted by Gasteiger charge is -2.04. The van der Waals surface area contributed by atoms with Gasteiger partial charge in [0.25, 0.3) is 0 Å². The van der Waals surface area contributed by atoms with Gasteiger partial charge in [0.1, 0.15) is 18.4 Å². The molecule has 2 aromatic heterocycles. The minimum Gasteiger partial charge on any atom is -0.364 e. The van der Waals surface area contributed by atoms with Gasteiger partial charge in [0.15, 0.2) is 0 Å². The van der Waals surface area contributed by atoms with Gasteiger partial charge in [-0.05, 0) is 6.42 Å². The molecule has 0 fully saturated rings. The number of nitrogens with one attached hydrogen (secondary N) is 1. The van der Waals surface area contributed by atoms with Gasteiger partial charge in [-0.3, -0.25) is 0 Å². The average Bonchev–Trinajstić information content (AvgIpc) is 2.91. The van der Waals surface area contributed by atoms with Gasteiger partial charge in [0.2, 0.25) is 0 Å². The van der Waals surface area contributed by atoms with Gasteiger partial charge in [0.05, 0.1) is 12.2 Å². The first kappa shape index (κ1) is 10.8. The van der Waals surface area contributed by atoms with E-state index in [0.29, 0.717) is 13.1 Å². The molecule has 1 N–H and O–H groups in total. The molecule has 0 aliphatic rings. The summed E-state index contributed by atoms with van der Waals surface area (Å²) in [4.78, 5) is 4.20. The number of nitrogens with zero attached hydrogens (tertiary/aromatic N) is 4. The lowest BCUT2D eigenvalue weighted by molar-refractivity contribution is 0.407. The van der Waals surface area contributed by atoms with Crippen LogP contribution in [0.1, 0.15) is 24.9 Å². The van der Waals surface area contributed by atoms with Crippen LogP contribution in [0.5, 0.6) is 0 Å². The summed E-state index contributed by atoms with van der Waals surface area (Å²) in [5.41, 5.74) is 0.890. The number of rotatable bonds is 6. The fourth-order valence-electron chi connectivity index (χ4n) is 1.45. The monoisotopic (exact) mass is 221 g/mol. The van der Waals surface area contributed by atoms with Crippen LogP contribution in [0, 0.1) is 0 Å². The second kappa shape index (κ2) is 5.41. The van der Waals surface area contributed by atoms with Crippen molar-refractivity contribution >= 4 is 0 Å². The molecule has 86 valence electrons. The van der Waals surface area contributed by atoms with Crippen LogP contribution in [0.4, 0.5) is 0 Å². The van der Waals surface area contributed by atoms with Crippen LogP contribution < -0.4 is 5.32 Å². The molecule has 0 atom stereocenters. The lowest BCUT2D eigenvalue weighted by Crippen LogP contribution is -2.17.